The molecule has 0 radical (unpaired) electrons. The van der Waals surface area contributed by atoms with Gasteiger partial charge in [0.05, 0.1) is 0 Å². The molecule has 0 aromatic rings. The van der Waals surface area contributed by atoms with Crippen LogP contribution >= 0.6 is 0 Å². The van der Waals surface area contributed by atoms with Crippen molar-refractivity contribution in [2.75, 3.05) is 19.8 Å². The molecule has 0 aromatic heterocycles. The van der Waals surface area contributed by atoms with Crippen LogP contribution in [0.4, 0.5) is 0 Å². The minimum Gasteiger partial charge on any atom is -0.458 e. The summed E-state index contributed by atoms with van der Waals surface area (Å²) in [4.78, 5) is 0. The molecule has 0 heterocycles. The van der Waals surface area contributed by atoms with Gasteiger partial charge in [0.2, 0.25) is 0 Å². The first kappa shape index (κ1) is 21.5. The van der Waals surface area contributed by atoms with Crippen molar-refractivity contribution in [3.05, 3.63) is 0 Å². The fourth-order valence-electron chi connectivity index (χ4n) is 2.59. The van der Waals surface area contributed by atoms with E-state index in [9.17, 15) is 0 Å². The molecular formula is C14H36O4Si3. The number of hydrogen-bond acceptors (Lipinski definition) is 4. The van der Waals surface area contributed by atoms with Crippen LogP contribution < -0.4 is 0 Å². The van der Waals surface area contributed by atoms with Gasteiger partial charge in [0.1, 0.15) is 0 Å². The summed E-state index contributed by atoms with van der Waals surface area (Å²) in [5.74, 6) is 0. The van der Waals surface area contributed by atoms with E-state index in [1.807, 2.05) is 20.8 Å². The Labute approximate surface area is 135 Å². The summed E-state index contributed by atoms with van der Waals surface area (Å²) in [5.41, 5.74) is 0. The Balaban J connectivity index is 4.29. The SMILES string of the molecule is CCO[Si](CCCC[Si](C)(C)O[SiH](C)C)(OCC)OCC. The molecule has 0 saturated heterocycles. The van der Waals surface area contributed by atoms with Crippen molar-refractivity contribution in [1.82, 2.24) is 0 Å². The van der Waals surface area contributed by atoms with Crippen molar-refractivity contribution in [2.24, 2.45) is 0 Å². The highest BCUT2D eigenvalue weighted by molar-refractivity contribution is 6.77. The third-order valence-electron chi connectivity index (χ3n) is 3.16. The normalized spacial score (nSPS) is 13.1. The Morgan fingerprint density at radius 2 is 1.19 bits per heavy atom. The van der Waals surface area contributed by atoms with Crippen molar-refractivity contribution in [3.8, 4) is 0 Å². The van der Waals surface area contributed by atoms with Crippen molar-refractivity contribution < 1.29 is 17.4 Å². The van der Waals surface area contributed by atoms with Crippen LogP contribution in [0.5, 0.6) is 0 Å². The van der Waals surface area contributed by atoms with Crippen LogP contribution in [0.15, 0.2) is 0 Å². The third-order valence-corrected chi connectivity index (χ3v) is 12.3. The third kappa shape index (κ3) is 9.98. The zero-order valence-corrected chi connectivity index (χ0v) is 18.3. The molecular weight excluding hydrogens is 316 g/mol. The van der Waals surface area contributed by atoms with Gasteiger partial charge in [0.25, 0.3) is 0 Å². The fourth-order valence-corrected chi connectivity index (χ4v) is 12.0. The molecule has 0 aliphatic heterocycles. The van der Waals surface area contributed by atoms with Crippen LogP contribution in [0.25, 0.3) is 0 Å². The molecule has 4 nitrogen and oxygen atoms in total. The Morgan fingerprint density at radius 3 is 1.57 bits per heavy atom. The minimum absolute atomic E-state index is 0.661. The molecule has 0 fully saturated rings. The van der Waals surface area contributed by atoms with E-state index < -0.39 is 26.2 Å². The van der Waals surface area contributed by atoms with Crippen molar-refractivity contribution in [2.45, 2.75) is 71.9 Å². The van der Waals surface area contributed by atoms with Crippen LogP contribution in [0, 0.1) is 0 Å². The maximum absolute atomic E-state index is 6.21. The first-order valence-corrected chi connectivity index (χ1v) is 16.2. The van der Waals surface area contributed by atoms with E-state index in [-0.39, 0.29) is 0 Å². The predicted molar refractivity (Wildman–Crippen MR) is 96.9 cm³/mol. The highest BCUT2D eigenvalue weighted by Crippen LogP contribution is 2.23. The van der Waals surface area contributed by atoms with E-state index in [0.717, 1.165) is 12.5 Å². The molecule has 0 unspecified atom stereocenters. The van der Waals surface area contributed by atoms with E-state index in [1.165, 1.54) is 12.5 Å². The molecule has 0 aliphatic rings. The largest absolute Gasteiger partial charge is 0.500 e. The molecule has 0 aromatic carbocycles. The lowest BCUT2D eigenvalue weighted by Gasteiger charge is -2.29. The predicted octanol–water partition coefficient (Wildman–Crippen LogP) is 4.02. The second-order valence-electron chi connectivity index (χ2n) is 6.12. The Kier molecular flexibility index (Phi) is 11.4. The van der Waals surface area contributed by atoms with Gasteiger partial charge in [0.15, 0.2) is 17.4 Å². The van der Waals surface area contributed by atoms with Gasteiger partial charge in [-0.25, -0.2) is 0 Å². The van der Waals surface area contributed by atoms with Gasteiger partial charge in [-0.2, -0.15) is 0 Å². The monoisotopic (exact) mass is 352 g/mol. The van der Waals surface area contributed by atoms with Crippen LogP contribution in [-0.2, 0) is 17.4 Å². The average Bonchev–Trinajstić information content (AvgIpc) is 2.34. The lowest BCUT2D eigenvalue weighted by Crippen LogP contribution is -2.46. The van der Waals surface area contributed by atoms with Crippen molar-refractivity contribution in [3.63, 3.8) is 0 Å². The summed E-state index contributed by atoms with van der Waals surface area (Å²) < 4.78 is 23.9. The van der Waals surface area contributed by atoms with Gasteiger partial charge in [-0.3, -0.25) is 0 Å². The first-order valence-electron chi connectivity index (χ1n) is 8.40. The van der Waals surface area contributed by atoms with Gasteiger partial charge in [0, 0.05) is 25.9 Å². The second kappa shape index (κ2) is 11.1. The Bertz CT molecular complexity index is 246. The highest BCUT2D eigenvalue weighted by atomic mass is 28.4. The molecule has 0 saturated carbocycles. The molecule has 0 aliphatic carbocycles. The van der Waals surface area contributed by atoms with E-state index in [1.54, 1.807) is 0 Å². The van der Waals surface area contributed by atoms with Gasteiger partial charge < -0.3 is 17.4 Å². The molecule has 0 atom stereocenters. The molecule has 0 N–H and O–H groups in total. The van der Waals surface area contributed by atoms with Crippen molar-refractivity contribution in [1.29, 1.82) is 0 Å². The highest BCUT2D eigenvalue weighted by Gasteiger charge is 2.39. The zero-order valence-electron chi connectivity index (χ0n) is 15.2. The first-order chi connectivity index (χ1) is 9.81. The van der Waals surface area contributed by atoms with E-state index >= 15 is 0 Å². The quantitative estimate of drug-likeness (QED) is 0.370. The zero-order chi connectivity index (χ0) is 16.4. The summed E-state index contributed by atoms with van der Waals surface area (Å²) in [6.45, 7) is 17.2. The topological polar surface area (TPSA) is 36.9 Å². The van der Waals surface area contributed by atoms with Gasteiger partial charge >= 0.3 is 8.80 Å². The van der Waals surface area contributed by atoms with Crippen molar-refractivity contribution >= 4 is 26.2 Å². The summed E-state index contributed by atoms with van der Waals surface area (Å²) in [6, 6.07) is 2.14. The molecule has 0 rings (SSSR count). The summed E-state index contributed by atoms with van der Waals surface area (Å²) in [7, 11) is -4.82. The van der Waals surface area contributed by atoms with E-state index in [2.05, 4.69) is 26.2 Å². The van der Waals surface area contributed by atoms with Gasteiger partial charge in [-0.15, -0.1) is 0 Å². The number of rotatable bonds is 13. The number of hydrogen-bond donors (Lipinski definition) is 0. The van der Waals surface area contributed by atoms with E-state index in [0.29, 0.717) is 19.8 Å². The lowest BCUT2D eigenvalue weighted by atomic mass is 10.4. The van der Waals surface area contributed by atoms with Crippen LogP contribution in [0.1, 0.15) is 33.6 Å². The molecule has 0 spiro atoms. The number of unbranched alkanes of at least 4 members (excludes halogenated alkanes) is 1. The standard InChI is InChI=1S/C14H36O4Si3/c1-8-15-21(16-9-2,17-10-3)14-12-11-13-20(6,7)18-19(4)5/h19H,8-14H2,1-7H3. The molecule has 128 valence electrons. The lowest BCUT2D eigenvalue weighted by molar-refractivity contribution is 0.0707. The molecule has 0 bridgehead atoms. The van der Waals surface area contributed by atoms with Crippen LogP contribution in [0.3, 0.4) is 0 Å². The summed E-state index contributed by atoms with van der Waals surface area (Å²) in [6.07, 6.45) is 2.29. The maximum Gasteiger partial charge on any atom is 0.500 e. The van der Waals surface area contributed by atoms with Crippen LogP contribution in [-0.4, -0.2) is 46.0 Å². The van der Waals surface area contributed by atoms with E-state index in [4.69, 9.17) is 17.4 Å². The molecule has 7 heteroatoms. The average molecular weight is 353 g/mol. The van der Waals surface area contributed by atoms with Gasteiger partial charge in [-0.1, -0.05) is 6.42 Å². The smallest absolute Gasteiger partial charge is 0.458 e. The summed E-state index contributed by atoms with van der Waals surface area (Å²) in [5, 5.41) is 0. The second-order valence-corrected chi connectivity index (χ2v) is 15.9. The summed E-state index contributed by atoms with van der Waals surface area (Å²) >= 11 is 0. The Morgan fingerprint density at radius 1 is 0.762 bits per heavy atom. The van der Waals surface area contributed by atoms with Gasteiger partial charge in [-0.05, 0) is 59.4 Å². The maximum atomic E-state index is 6.21. The molecule has 0 amide bonds. The fraction of sp³-hybridized carbons (Fsp3) is 1.00. The molecule has 21 heavy (non-hydrogen) atoms. The van der Waals surface area contributed by atoms with Crippen LogP contribution in [0.2, 0.25) is 38.3 Å². The Hall–Kier alpha value is 0.491. The minimum atomic E-state index is -2.44.